The van der Waals surface area contributed by atoms with Gasteiger partial charge in [-0.05, 0) is 24.6 Å². The highest BCUT2D eigenvalue weighted by Crippen LogP contribution is 2.24. The number of unbranched alkanes of at least 4 members (excludes halogenated alkanes) is 9. The van der Waals surface area contributed by atoms with E-state index in [4.69, 9.17) is 17.3 Å². The third-order valence-corrected chi connectivity index (χ3v) is 5.69. The Bertz CT molecular complexity index is 576. The van der Waals surface area contributed by atoms with Crippen molar-refractivity contribution in [1.29, 1.82) is 0 Å². The maximum absolute atomic E-state index is 12.0. The summed E-state index contributed by atoms with van der Waals surface area (Å²) in [4.78, 5) is 0. The van der Waals surface area contributed by atoms with Gasteiger partial charge in [-0.1, -0.05) is 76.3 Å². The Morgan fingerprint density at radius 1 is 0.958 bits per heavy atom. The summed E-state index contributed by atoms with van der Waals surface area (Å²) in [5.41, 5.74) is 8.09. The molecule has 0 amide bonds. The molecule has 0 aliphatic carbocycles. The molecule has 0 saturated carbocycles. The van der Waals surface area contributed by atoms with Crippen LogP contribution in [0.1, 0.15) is 71.1 Å². The average Bonchev–Trinajstić information content (AvgIpc) is 2.52. The number of benzene rings is 1. The Balaban J connectivity index is 2.14. The van der Waals surface area contributed by atoms with Gasteiger partial charge in [-0.3, -0.25) is 10.5 Å². The van der Waals surface area contributed by atoms with Crippen LogP contribution in [-0.2, 0) is 10.0 Å². The van der Waals surface area contributed by atoms with Crippen LogP contribution >= 0.6 is 11.6 Å². The second-order valence-electron chi connectivity index (χ2n) is 6.30. The fourth-order valence-corrected chi connectivity index (χ4v) is 3.94. The van der Waals surface area contributed by atoms with Crippen molar-refractivity contribution in [2.45, 2.75) is 71.1 Å². The van der Waals surface area contributed by atoms with Gasteiger partial charge in [0.05, 0.1) is 22.2 Å². The van der Waals surface area contributed by atoms with Crippen molar-refractivity contribution in [1.82, 2.24) is 5.73 Å². The summed E-state index contributed by atoms with van der Waals surface area (Å²) in [6, 6.07) is 4.52. The summed E-state index contributed by atoms with van der Waals surface area (Å²) in [7, 11) is -3.34. The van der Waals surface area contributed by atoms with E-state index >= 15 is 0 Å². The van der Waals surface area contributed by atoms with E-state index in [1.807, 2.05) is 0 Å². The standard InChI is InChI=1S/C18H30ClN2O2S/c1-2-3-4-5-6-7-8-9-10-11-14-24(22,23)21-16-12-13-18(20)17(19)15-16/h12-13,15,20-21H,2-11,14H2,1H3. The molecule has 24 heavy (non-hydrogen) atoms. The minimum Gasteiger partial charge on any atom is -0.299 e. The SMILES string of the molecule is CCCCCCCCCCCCS(=O)(=O)Nc1ccc([NH])c(Cl)c1. The van der Waals surface area contributed by atoms with Gasteiger partial charge < -0.3 is 0 Å². The van der Waals surface area contributed by atoms with E-state index in [-0.39, 0.29) is 16.5 Å². The van der Waals surface area contributed by atoms with Crippen LogP contribution in [0.3, 0.4) is 0 Å². The molecular weight excluding hydrogens is 344 g/mol. The second kappa shape index (κ2) is 11.6. The first kappa shape index (κ1) is 21.1. The first-order valence-corrected chi connectivity index (χ1v) is 11.0. The molecule has 1 radical (unpaired) electrons. The maximum Gasteiger partial charge on any atom is 0.232 e. The normalized spacial score (nSPS) is 11.6. The zero-order valence-electron chi connectivity index (χ0n) is 14.6. The summed E-state index contributed by atoms with van der Waals surface area (Å²) in [5, 5.41) is 0.245. The van der Waals surface area contributed by atoms with Gasteiger partial charge in [0.15, 0.2) is 0 Å². The Kier molecular flexibility index (Phi) is 10.2. The average molecular weight is 374 g/mol. The summed E-state index contributed by atoms with van der Waals surface area (Å²) in [5.74, 6) is 0.129. The van der Waals surface area contributed by atoms with Crippen molar-refractivity contribution in [2.75, 3.05) is 10.5 Å². The molecule has 0 spiro atoms. The van der Waals surface area contributed by atoms with Crippen molar-refractivity contribution in [2.24, 2.45) is 0 Å². The molecule has 1 aromatic rings. The number of hydrogen-bond donors (Lipinski definition) is 1. The highest BCUT2D eigenvalue weighted by Gasteiger charge is 2.11. The summed E-state index contributed by atoms with van der Waals surface area (Å²) in [6.45, 7) is 2.22. The lowest BCUT2D eigenvalue weighted by Gasteiger charge is -2.09. The lowest BCUT2D eigenvalue weighted by molar-refractivity contribution is 0.558. The Morgan fingerprint density at radius 3 is 2.04 bits per heavy atom. The minimum atomic E-state index is -3.34. The maximum atomic E-state index is 12.0. The van der Waals surface area contributed by atoms with E-state index < -0.39 is 10.0 Å². The molecule has 6 heteroatoms. The first-order chi connectivity index (χ1) is 11.4. The highest BCUT2D eigenvalue weighted by molar-refractivity contribution is 7.92. The second-order valence-corrected chi connectivity index (χ2v) is 8.55. The van der Waals surface area contributed by atoms with E-state index in [2.05, 4.69) is 11.6 Å². The number of sulfonamides is 1. The third kappa shape index (κ3) is 9.38. The number of nitrogens with one attached hydrogen (secondary N) is 2. The van der Waals surface area contributed by atoms with Gasteiger partial charge in [-0.2, -0.15) is 0 Å². The van der Waals surface area contributed by atoms with Crippen molar-refractivity contribution in [3.63, 3.8) is 0 Å². The Morgan fingerprint density at radius 2 is 1.50 bits per heavy atom. The molecule has 2 N–H and O–H groups in total. The van der Waals surface area contributed by atoms with Crippen LogP contribution in [-0.4, -0.2) is 14.2 Å². The molecule has 0 bridgehead atoms. The van der Waals surface area contributed by atoms with Gasteiger partial charge in [0, 0.05) is 0 Å². The van der Waals surface area contributed by atoms with Crippen LogP contribution in [0.4, 0.5) is 11.4 Å². The fourth-order valence-electron chi connectivity index (χ4n) is 2.59. The fraction of sp³-hybridized carbons (Fsp3) is 0.667. The number of anilines is 1. The first-order valence-electron chi connectivity index (χ1n) is 8.96. The molecule has 4 nitrogen and oxygen atoms in total. The molecule has 1 aromatic carbocycles. The van der Waals surface area contributed by atoms with Crippen LogP contribution in [0.25, 0.3) is 0 Å². The Labute approximate surface area is 152 Å². The molecule has 0 heterocycles. The summed E-state index contributed by atoms with van der Waals surface area (Å²) in [6.07, 6.45) is 11.7. The van der Waals surface area contributed by atoms with Crippen LogP contribution in [0.2, 0.25) is 5.02 Å². The van der Waals surface area contributed by atoms with Crippen LogP contribution in [0, 0.1) is 0 Å². The lowest BCUT2D eigenvalue weighted by Crippen LogP contribution is -2.16. The molecule has 0 atom stereocenters. The van der Waals surface area contributed by atoms with Gasteiger partial charge in [-0.25, -0.2) is 8.42 Å². The van der Waals surface area contributed by atoms with Crippen molar-refractivity contribution in [3.8, 4) is 0 Å². The number of rotatable bonds is 13. The quantitative estimate of drug-likeness (QED) is 0.436. The van der Waals surface area contributed by atoms with Crippen molar-refractivity contribution in [3.05, 3.63) is 23.2 Å². The van der Waals surface area contributed by atoms with Gasteiger partial charge in [0.2, 0.25) is 10.0 Å². The van der Waals surface area contributed by atoms with E-state index in [9.17, 15) is 8.42 Å². The van der Waals surface area contributed by atoms with Crippen molar-refractivity contribution < 1.29 is 8.42 Å². The van der Waals surface area contributed by atoms with E-state index in [1.54, 1.807) is 6.07 Å². The van der Waals surface area contributed by atoms with Gasteiger partial charge in [-0.15, -0.1) is 0 Å². The molecule has 0 aromatic heterocycles. The largest absolute Gasteiger partial charge is 0.299 e. The van der Waals surface area contributed by atoms with Gasteiger partial charge >= 0.3 is 0 Å². The summed E-state index contributed by atoms with van der Waals surface area (Å²) < 4.78 is 26.6. The Hall–Kier alpha value is -0.940. The smallest absolute Gasteiger partial charge is 0.232 e. The topological polar surface area (TPSA) is 70.0 Å². The molecule has 0 aliphatic heterocycles. The highest BCUT2D eigenvalue weighted by atomic mass is 35.5. The number of hydrogen-bond acceptors (Lipinski definition) is 2. The van der Waals surface area contributed by atoms with Gasteiger partial charge in [0.1, 0.15) is 0 Å². The molecule has 0 saturated heterocycles. The predicted octanol–water partition coefficient (Wildman–Crippen LogP) is 5.92. The third-order valence-electron chi connectivity index (χ3n) is 4.01. The monoisotopic (exact) mass is 373 g/mol. The molecular formula is C18H30ClN2O2S. The zero-order valence-corrected chi connectivity index (χ0v) is 16.2. The predicted molar refractivity (Wildman–Crippen MR) is 103 cm³/mol. The van der Waals surface area contributed by atoms with Crippen molar-refractivity contribution >= 4 is 33.0 Å². The summed E-state index contributed by atoms with van der Waals surface area (Å²) >= 11 is 5.84. The minimum absolute atomic E-state index is 0.129. The molecule has 0 fully saturated rings. The van der Waals surface area contributed by atoms with E-state index in [0.29, 0.717) is 12.1 Å². The van der Waals surface area contributed by atoms with E-state index in [0.717, 1.165) is 12.8 Å². The molecule has 0 aliphatic rings. The lowest BCUT2D eigenvalue weighted by atomic mass is 10.1. The molecule has 1 rings (SSSR count). The van der Waals surface area contributed by atoms with Crippen LogP contribution in [0.5, 0.6) is 0 Å². The van der Waals surface area contributed by atoms with Crippen LogP contribution < -0.4 is 10.5 Å². The zero-order chi connectivity index (χ0) is 17.8. The van der Waals surface area contributed by atoms with Crippen LogP contribution in [0.15, 0.2) is 18.2 Å². The molecule has 0 unspecified atom stereocenters. The molecule has 137 valence electrons. The van der Waals surface area contributed by atoms with Gasteiger partial charge in [0.25, 0.3) is 0 Å². The van der Waals surface area contributed by atoms with E-state index in [1.165, 1.54) is 57.1 Å². The number of halogens is 1.